The molecular formula is C16H19NO3. The Labute approximate surface area is 118 Å². The minimum Gasteiger partial charge on any atom is -0.481 e. The predicted molar refractivity (Wildman–Crippen MR) is 75.9 cm³/mol. The van der Waals surface area contributed by atoms with Crippen LogP contribution in [0.2, 0.25) is 0 Å². The third kappa shape index (κ3) is 2.30. The van der Waals surface area contributed by atoms with Gasteiger partial charge in [0.25, 0.3) is 0 Å². The lowest BCUT2D eigenvalue weighted by Crippen LogP contribution is -2.32. The molecule has 0 bridgehead atoms. The van der Waals surface area contributed by atoms with Gasteiger partial charge in [0.05, 0.1) is 6.42 Å². The van der Waals surface area contributed by atoms with Crippen LogP contribution in [0.25, 0.3) is 0 Å². The summed E-state index contributed by atoms with van der Waals surface area (Å²) < 4.78 is 0. The number of rotatable bonds is 4. The molecule has 1 aliphatic carbocycles. The number of nitrogens with zero attached hydrogens (tertiary/aromatic N) is 1. The van der Waals surface area contributed by atoms with Crippen LogP contribution in [0.3, 0.4) is 0 Å². The lowest BCUT2D eigenvalue weighted by molar-refractivity contribution is -0.137. The number of hydrogen-bond acceptors (Lipinski definition) is 2. The van der Waals surface area contributed by atoms with E-state index >= 15 is 0 Å². The van der Waals surface area contributed by atoms with Gasteiger partial charge in [-0.3, -0.25) is 9.59 Å². The fraction of sp³-hybridized carbons (Fsp3) is 0.500. The largest absolute Gasteiger partial charge is 0.481 e. The number of carboxylic acids is 1. The average molecular weight is 273 g/mol. The van der Waals surface area contributed by atoms with Crippen LogP contribution in [0, 0.1) is 5.92 Å². The molecule has 2 aliphatic rings. The first-order valence-corrected chi connectivity index (χ1v) is 7.18. The van der Waals surface area contributed by atoms with Crippen molar-refractivity contribution < 1.29 is 14.7 Å². The van der Waals surface area contributed by atoms with Gasteiger partial charge in [0.2, 0.25) is 5.91 Å². The molecule has 1 aromatic rings. The van der Waals surface area contributed by atoms with Crippen molar-refractivity contribution in [3.05, 3.63) is 29.3 Å². The smallest absolute Gasteiger partial charge is 0.303 e. The number of carbonyl (C=O) groups excluding carboxylic acids is 1. The molecule has 1 saturated carbocycles. The maximum Gasteiger partial charge on any atom is 0.303 e. The lowest BCUT2D eigenvalue weighted by atomic mass is 9.84. The second kappa shape index (κ2) is 4.93. The maximum absolute atomic E-state index is 11.8. The number of carboxylic acid groups (broad SMARTS) is 1. The van der Waals surface area contributed by atoms with Gasteiger partial charge in [-0.25, -0.2) is 0 Å². The van der Waals surface area contributed by atoms with Crippen LogP contribution in [-0.2, 0) is 16.0 Å². The van der Waals surface area contributed by atoms with Gasteiger partial charge in [-0.15, -0.1) is 0 Å². The first-order chi connectivity index (χ1) is 9.58. The van der Waals surface area contributed by atoms with Crippen molar-refractivity contribution >= 4 is 17.6 Å². The first kappa shape index (κ1) is 13.2. The fourth-order valence-electron chi connectivity index (χ4n) is 3.28. The van der Waals surface area contributed by atoms with Crippen molar-refractivity contribution in [1.82, 2.24) is 0 Å². The highest BCUT2D eigenvalue weighted by Crippen LogP contribution is 2.47. The molecule has 4 heteroatoms. The predicted octanol–water partition coefficient (Wildman–Crippen LogP) is 2.56. The minimum absolute atomic E-state index is 0.101. The molecule has 0 aromatic heterocycles. The standard InChI is InChI=1S/C16H19NO3/c1-17-14-4-2-3-11(12(14)7-8-15(17)18)13(9-16(19)20)10-5-6-10/h2-4,10,13H,5-9H2,1H3,(H,19,20). The molecule has 1 fully saturated rings. The van der Waals surface area contributed by atoms with Crippen LogP contribution in [0.15, 0.2) is 18.2 Å². The molecule has 3 rings (SSSR count). The molecule has 0 radical (unpaired) electrons. The molecule has 1 atom stereocenters. The molecule has 0 saturated heterocycles. The highest BCUT2D eigenvalue weighted by molar-refractivity contribution is 5.96. The molecule has 1 aromatic carbocycles. The van der Waals surface area contributed by atoms with E-state index in [1.54, 1.807) is 11.9 Å². The molecule has 1 heterocycles. The van der Waals surface area contributed by atoms with Crippen molar-refractivity contribution in [1.29, 1.82) is 0 Å². The SMILES string of the molecule is CN1C(=O)CCc2c(C(CC(=O)O)C3CC3)cccc21. The third-order valence-electron chi connectivity index (χ3n) is 4.50. The van der Waals surface area contributed by atoms with E-state index in [1.165, 1.54) is 5.56 Å². The summed E-state index contributed by atoms with van der Waals surface area (Å²) in [4.78, 5) is 24.6. The first-order valence-electron chi connectivity index (χ1n) is 7.18. The van der Waals surface area contributed by atoms with Crippen molar-refractivity contribution in [3.8, 4) is 0 Å². The molecule has 20 heavy (non-hydrogen) atoms. The summed E-state index contributed by atoms with van der Waals surface area (Å²) in [7, 11) is 1.80. The van der Waals surface area contributed by atoms with Crippen LogP contribution in [0.1, 0.15) is 42.7 Å². The van der Waals surface area contributed by atoms with Gasteiger partial charge in [-0.1, -0.05) is 12.1 Å². The van der Waals surface area contributed by atoms with Crippen LogP contribution in [0.4, 0.5) is 5.69 Å². The highest BCUT2D eigenvalue weighted by atomic mass is 16.4. The van der Waals surface area contributed by atoms with E-state index in [-0.39, 0.29) is 18.2 Å². The number of carbonyl (C=O) groups is 2. The lowest BCUT2D eigenvalue weighted by Gasteiger charge is -2.29. The van der Waals surface area contributed by atoms with E-state index in [2.05, 4.69) is 0 Å². The molecule has 1 N–H and O–H groups in total. The Hall–Kier alpha value is -1.84. The maximum atomic E-state index is 11.8. The normalized spacial score (nSPS) is 19.6. The van der Waals surface area contributed by atoms with E-state index in [0.717, 1.165) is 30.5 Å². The summed E-state index contributed by atoms with van der Waals surface area (Å²) >= 11 is 0. The summed E-state index contributed by atoms with van der Waals surface area (Å²) in [6.07, 6.45) is 3.69. The van der Waals surface area contributed by atoms with E-state index in [0.29, 0.717) is 12.3 Å². The van der Waals surface area contributed by atoms with Crippen LogP contribution in [-0.4, -0.2) is 24.0 Å². The Morgan fingerprint density at radius 3 is 2.80 bits per heavy atom. The molecule has 4 nitrogen and oxygen atoms in total. The summed E-state index contributed by atoms with van der Waals surface area (Å²) in [5.41, 5.74) is 3.27. The number of aliphatic carboxylic acids is 1. The zero-order valence-corrected chi connectivity index (χ0v) is 11.6. The quantitative estimate of drug-likeness (QED) is 0.917. The highest BCUT2D eigenvalue weighted by Gasteiger charge is 2.36. The van der Waals surface area contributed by atoms with Gasteiger partial charge in [0, 0.05) is 19.2 Å². The Morgan fingerprint density at radius 1 is 1.40 bits per heavy atom. The number of fused-ring (bicyclic) bond motifs is 1. The number of hydrogen-bond donors (Lipinski definition) is 1. The van der Waals surface area contributed by atoms with Crippen molar-refractivity contribution in [2.24, 2.45) is 5.92 Å². The number of amides is 1. The molecule has 0 spiro atoms. The average Bonchev–Trinajstić information content (AvgIpc) is 3.24. The van der Waals surface area contributed by atoms with E-state index in [1.807, 2.05) is 18.2 Å². The van der Waals surface area contributed by atoms with E-state index in [4.69, 9.17) is 5.11 Å². The second-order valence-electron chi connectivity index (χ2n) is 5.84. The van der Waals surface area contributed by atoms with E-state index < -0.39 is 5.97 Å². The Bertz CT molecular complexity index is 563. The second-order valence-corrected chi connectivity index (χ2v) is 5.84. The van der Waals surface area contributed by atoms with Gasteiger partial charge in [0.15, 0.2) is 0 Å². The number of anilines is 1. The summed E-state index contributed by atoms with van der Waals surface area (Å²) in [5.74, 6) is 0.000172. The summed E-state index contributed by atoms with van der Waals surface area (Å²) in [5, 5.41) is 9.16. The van der Waals surface area contributed by atoms with Gasteiger partial charge < -0.3 is 10.0 Å². The number of benzene rings is 1. The summed E-state index contributed by atoms with van der Waals surface area (Å²) in [6, 6.07) is 5.95. The Balaban J connectivity index is 2.01. The van der Waals surface area contributed by atoms with Crippen LogP contribution >= 0.6 is 0 Å². The molecule has 1 aliphatic heterocycles. The van der Waals surface area contributed by atoms with Gasteiger partial charge in [-0.2, -0.15) is 0 Å². The van der Waals surface area contributed by atoms with E-state index in [9.17, 15) is 9.59 Å². The monoisotopic (exact) mass is 273 g/mol. The molecular weight excluding hydrogens is 254 g/mol. The minimum atomic E-state index is -0.736. The van der Waals surface area contributed by atoms with Gasteiger partial charge in [0.1, 0.15) is 0 Å². The van der Waals surface area contributed by atoms with Gasteiger partial charge in [-0.05, 0) is 48.3 Å². The Kier molecular flexibility index (Phi) is 3.24. The van der Waals surface area contributed by atoms with Crippen molar-refractivity contribution in [2.75, 3.05) is 11.9 Å². The van der Waals surface area contributed by atoms with Gasteiger partial charge >= 0.3 is 5.97 Å². The summed E-state index contributed by atoms with van der Waals surface area (Å²) in [6.45, 7) is 0. The molecule has 106 valence electrons. The zero-order chi connectivity index (χ0) is 14.3. The van der Waals surface area contributed by atoms with Crippen molar-refractivity contribution in [2.45, 2.75) is 38.0 Å². The molecule has 1 unspecified atom stereocenters. The molecule has 1 amide bonds. The van der Waals surface area contributed by atoms with Crippen molar-refractivity contribution in [3.63, 3.8) is 0 Å². The Morgan fingerprint density at radius 2 is 2.15 bits per heavy atom. The third-order valence-corrected chi connectivity index (χ3v) is 4.50. The topological polar surface area (TPSA) is 57.6 Å². The fourth-order valence-corrected chi connectivity index (χ4v) is 3.28. The zero-order valence-electron chi connectivity index (χ0n) is 11.6. The van der Waals surface area contributed by atoms with Crippen LogP contribution < -0.4 is 4.90 Å². The van der Waals surface area contributed by atoms with Crippen LogP contribution in [0.5, 0.6) is 0 Å².